The number of amides is 2. The van der Waals surface area contributed by atoms with Crippen LogP contribution in [0.25, 0.3) is 0 Å². The van der Waals surface area contributed by atoms with Gasteiger partial charge in [-0.05, 0) is 51.3 Å². The van der Waals surface area contributed by atoms with Crippen LogP contribution in [-0.4, -0.2) is 34.3 Å². The molecule has 9 nitrogen and oxygen atoms in total. The summed E-state index contributed by atoms with van der Waals surface area (Å²) in [4.78, 5) is 24.9. The van der Waals surface area contributed by atoms with Gasteiger partial charge in [0.15, 0.2) is 11.5 Å². The molecule has 1 aromatic carbocycles. The predicted molar refractivity (Wildman–Crippen MR) is 104 cm³/mol. The van der Waals surface area contributed by atoms with Gasteiger partial charge in [0.25, 0.3) is 0 Å². The number of benzene rings is 1. The van der Waals surface area contributed by atoms with Crippen LogP contribution in [0.2, 0.25) is 0 Å². The third kappa shape index (κ3) is 4.61. The van der Waals surface area contributed by atoms with Crippen molar-refractivity contribution in [2.75, 3.05) is 12.1 Å². The van der Waals surface area contributed by atoms with E-state index in [9.17, 15) is 9.59 Å². The van der Waals surface area contributed by atoms with Gasteiger partial charge in [-0.25, -0.2) is 9.59 Å². The molecule has 0 saturated heterocycles. The van der Waals surface area contributed by atoms with Gasteiger partial charge in [0, 0.05) is 18.5 Å². The Balaban J connectivity index is 1.42. The lowest BCUT2D eigenvalue weighted by Gasteiger charge is -2.19. The fraction of sp³-hybridized carbons (Fsp3) is 0.450. The number of fused-ring (bicyclic) bond motifs is 1. The Morgan fingerprint density at radius 2 is 1.97 bits per heavy atom. The van der Waals surface area contributed by atoms with Crippen molar-refractivity contribution < 1.29 is 23.8 Å². The van der Waals surface area contributed by atoms with Crippen LogP contribution in [0.4, 0.5) is 15.4 Å². The Morgan fingerprint density at radius 3 is 2.69 bits per heavy atom. The maximum absolute atomic E-state index is 12.5. The SMILES string of the molecule is CC(C)(C)OC(=O)n1nc(C2CC2)cc1NC(=O)NCc1ccc2c(c1)OCO2. The number of aromatic nitrogens is 2. The summed E-state index contributed by atoms with van der Waals surface area (Å²) >= 11 is 0. The van der Waals surface area contributed by atoms with Crippen molar-refractivity contribution in [3.05, 3.63) is 35.5 Å². The van der Waals surface area contributed by atoms with Crippen molar-refractivity contribution in [2.45, 2.75) is 51.7 Å². The summed E-state index contributed by atoms with van der Waals surface area (Å²) < 4.78 is 17.1. The molecule has 9 heteroatoms. The van der Waals surface area contributed by atoms with Gasteiger partial charge in [0.1, 0.15) is 11.4 Å². The number of nitrogens with zero attached hydrogens (tertiary/aromatic N) is 2. The molecular weight excluding hydrogens is 376 g/mol. The average molecular weight is 400 g/mol. The minimum absolute atomic E-state index is 0.199. The number of hydrogen-bond acceptors (Lipinski definition) is 6. The van der Waals surface area contributed by atoms with Crippen LogP contribution in [-0.2, 0) is 11.3 Å². The number of urea groups is 1. The summed E-state index contributed by atoms with van der Waals surface area (Å²) in [5.41, 5.74) is 0.979. The number of ether oxygens (including phenoxy) is 3. The van der Waals surface area contributed by atoms with Gasteiger partial charge >= 0.3 is 12.1 Å². The van der Waals surface area contributed by atoms with Gasteiger partial charge in [-0.15, -0.1) is 4.68 Å². The third-order valence-corrected chi connectivity index (χ3v) is 4.42. The Hall–Kier alpha value is -3.23. The average Bonchev–Trinajstić information content (AvgIpc) is 3.24. The van der Waals surface area contributed by atoms with Gasteiger partial charge in [-0.3, -0.25) is 5.32 Å². The van der Waals surface area contributed by atoms with Gasteiger partial charge in [-0.2, -0.15) is 5.10 Å². The van der Waals surface area contributed by atoms with Crippen LogP contribution in [0.3, 0.4) is 0 Å². The topological polar surface area (TPSA) is 104 Å². The van der Waals surface area contributed by atoms with Crippen molar-refractivity contribution >= 4 is 17.9 Å². The minimum Gasteiger partial charge on any atom is -0.454 e. The molecule has 0 bridgehead atoms. The molecular formula is C20H24N4O5. The monoisotopic (exact) mass is 400 g/mol. The molecule has 2 heterocycles. The smallest absolute Gasteiger partial charge is 0.437 e. The van der Waals surface area contributed by atoms with Gasteiger partial charge in [0.05, 0.1) is 5.69 Å². The zero-order chi connectivity index (χ0) is 20.6. The zero-order valence-corrected chi connectivity index (χ0v) is 16.7. The van der Waals surface area contributed by atoms with E-state index in [1.54, 1.807) is 32.9 Å². The van der Waals surface area contributed by atoms with Crippen LogP contribution >= 0.6 is 0 Å². The minimum atomic E-state index is -0.665. The number of carbonyl (C=O) groups excluding carboxylic acids is 2. The number of nitrogens with one attached hydrogen (secondary N) is 2. The maximum atomic E-state index is 12.5. The number of hydrogen-bond donors (Lipinski definition) is 2. The summed E-state index contributed by atoms with van der Waals surface area (Å²) in [5.74, 6) is 1.95. The molecule has 1 aliphatic carbocycles. The van der Waals surface area contributed by atoms with Crippen molar-refractivity contribution in [1.82, 2.24) is 15.1 Å². The molecule has 0 unspecified atom stereocenters. The molecule has 2 aliphatic rings. The molecule has 1 aliphatic heterocycles. The van der Waals surface area contributed by atoms with E-state index in [2.05, 4.69) is 15.7 Å². The first-order chi connectivity index (χ1) is 13.8. The van der Waals surface area contributed by atoms with Crippen LogP contribution in [0, 0.1) is 0 Å². The summed E-state index contributed by atoms with van der Waals surface area (Å²) in [6, 6.07) is 6.75. The van der Waals surface area contributed by atoms with E-state index >= 15 is 0 Å². The summed E-state index contributed by atoms with van der Waals surface area (Å²) in [6.07, 6.45) is 1.43. The molecule has 0 spiro atoms. The van der Waals surface area contributed by atoms with E-state index in [4.69, 9.17) is 14.2 Å². The lowest BCUT2D eigenvalue weighted by molar-refractivity contribution is 0.0518. The van der Waals surface area contributed by atoms with Crippen LogP contribution in [0.15, 0.2) is 24.3 Å². The molecule has 4 rings (SSSR count). The standard InChI is InChI=1S/C20H24N4O5/c1-20(2,3)29-19(26)24-17(9-14(23-24)13-5-6-13)22-18(25)21-10-12-4-7-15-16(8-12)28-11-27-15/h4,7-9,13H,5-6,10-11H2,1-3H3,(H2,21,22,25). The van der Waals surface area contributed by atoms with Crippen molar-refractivity contribution in [3.8, 4) is 11.5 Å². The van der Waals surface area contributed by atoms with E-state index < -0.39 is 17.7 Å². The molecule has 154 valence electrons. The number of rotatable bonds is 4. The lowest BCUT2D eigenvalue weighted by Crippen LogP contribution is -2.32. The Morgan fingerprint density at radius 1 is 1.21 bits per heavy atom. The quantitative estimate of drug-likeness (QED) is 0.813. The molecule has 0 atom stereocenters. The van der Waals surface area contributed by atoms with Crippen molar-refractivity contribution in [3.63, 3.8) is 0 Å². The van der Waals surface area contributed by atoms with E-state index in [-0.39, 0.29) is 12.6 Å². The highest BCUT2D eigenvalue weighted by Crippen LogP contribution is 2.40. The van der Waals surface area contributed by atoms with Gasteiger partial charge in [0.2, 0.25) is 6.79 Å². The molecule has 0 radical (unpaired) electrons. The van der Waals surface area contributed by atoms with Gasteiger partial charge in [-0.1, -0.05) is 6.07 Å². The van der Waals surface area contributed by atoms with E-state index in [0.29, 0.717) is 24.0 Å². The van der Waals surface area contributed by atoms with Gasteiger partial charge < -0.3 is 19.5 Å². The first-order valence-corrected chi connectivity index (χ1v) is 9.55. The molecule has 2 amide bonds. The summed E-state index contributed by atoms with van der Waals surface area (Å²) in [7, 11) is 0. The number of anilines is 1. The first kappa shape index (κ1) is 19.1. The van der Waals surface area contributed by atoms with E-state index in [1.807, 2.05) is 12.1 Å². The Kier molecular flexibility index (Phi) is 4.81. The maximum Gasteiger partial charge on any atom is 0.437 e. The molecule has 1 saturated carbocycles. The van der Waals surface area contributed by atoms with E-state index in [1.165, 1.54) is 0 Å². The molecule has 1 fully saturated rings. The second-order valence-corrected chi connectivity index (χ2v) is 8.12. The molecule has 2 aromatic rings. The highest BCUT2D eigenvalue weighted by Gasteiger charge is 2.30. The lowest BCUT2D eigenvalue weighted by atomic mass is 10.2. The normalized spacial score (nSPS) is 15.1. The zero-order valence-electron chi connectivity index (χ0n) is 16.7. The van der Waals surface area contributed by atoms with Crippen LogP contribution in [0.1, 0.15) is 50.8 Å². The first-order valence-electron chi connectivity index (χ1n) is 9.55. The Bertz CT molecular complexity index is 943. The van der Waals surface area contributed by atoms with Crippen LogP contribution in [0.5, 0.6) is 11.5 Å². The summed E-state index contributed by atoms with van der Waals surface area (Å²) in [6.45, 7) is 5.83. The predicted octanol–water partition coefficient (Wildman–Crippen LogP) is 3.59. The fourth-order valence-electron chi connectivity index (χ4n) is 2.91. The van der Waals surface area contributed by atoms with Crippen molar-refractivity contribution in [1.29, 1.82) is 0 Å². The highest BCUT2D eigenvalue weighted by molar-refractivity contribution is 5.90. The fourth-order valence-corrected chi connectivity index (χ4v) is 2.91. The molecule has 29 heavy (non-hydrogen) atoms. The molecule has 2 N–H and O–H groups in total. The van der Waals surface area contributed by atoms with E-state index in [0.717, 1.165) is 28.8 Å². The summed E-state index contributed by atoms with van der Waals surface area (Å²) in [5, 5.41) is 9.80. The second-order valence-electron chi connectivity index (χ2n) is 8.12. The molecule has 1 aromatic heterocycles. The Labute approximate surface area is 168 Å². The third-order valence-electron chi connectivity index (χ3n) is 4.42. The highest BCUT2D eigenvalue weighted by atomic mass is 16.7. The second kappa shape index (κ2) is 7.31. The van der Waals surface area contributed by atoms with Crippen LogP contribution < -0.4 is 20.1 Å². The van der Waals surface area contributed by atoms with Crippen molar-refractivity contribution in [2.24, 2.45) is 0 Å². The largest absolute Gasteiger partial charge is 0.454 e. The number of carbonyl (C=O) groups is 2.